The van der Waals surface area contributed by atoms with Crippen molar-refractivity contribution in [1.82, 2.24) is 20.9 Å². The van der Waals surface area contributed by atoms with E-state index in [1.807, 2.05) is 0 Å². The summed E-state index contributed by atoms with van der Waals surface area (Å²) in [5, 5.41) is 39.0. The summed E-state index contributed by atoms with van der Waals surface area (Å²) in [4.78, 5) is 43.6. The van der Waals surface area contributed by atoms with Crippen molar-refractivity contribution in [2.24, 2.45) is 11.8 Å². The number of nitrogens with zero attached hydrogens (tertiary/aromatic N) is 1. The molecule has 16 heteroatoms. The third-order valence-corrected chi connectivity index (χ3v) is 7.05. The smallest absolute Gasteiger partial charge is 0.412 e. The van der Waals surface area contributed by atoms with Gasteiger partial charge in [-0.1, -0.05) is 13.8 Å². The molecule has 33 heavy (non-hydrogen) atoms. The van der Waals surface area contributed by atoms with Gasteiger partial charge in [-0.05, 0) is 24.7 Å². The number of carbonyl (C=O) groups excluding carboxylic acids is 2. The zero-order valence-corrected chi connectivity index (χ0v) is 21.7. The van der Waals surface area contributed by atoms with Gasteiger partial charge in [0.05, 0.1) is 12.7 Å². The molecule has 1 aliphatic carbocycles. The van der Waals surface area contributed by atoms with Gasteiger partial charge in [0.1, 0.15) is 24.4 Å². The Bertz CT molecular complexity index is 745. The zero-order valence-electron chi connectivity index (χ0n) is 18.8. The van der Waals surface area contributed by atoms with Gasteiger partial charge in [0, 0.05) is 48.2 Å². The Labute approximate surface area is 213 Å². The maximum atomic E-state index is 12.4. The van der Waals surface area contributed by atoms with Crippen LogP contribution in [-0.2, 0) is 13.9 Å². The fourth-order valence-electron chi connectivity index (χ4n) is 4.68. The van der Waals surface area contributed by atoms with Crippen LogP contribution in [0.3, 0.4) is 0 Å². The number of phosphoric ester groups is 1. The Morgan fingerprint density at radius 3 is 2.33 bits per heavy atom. The fourth-order valence-corrected chi connectivity index (χ4v) is 5.03. The average molecular weight is 507 g/mol. The summed E-state index contributed by atoms with van der Waals surface area (Å²) in [7, 11) is -4.85. The van der Waals surface area contributed by atoms with E-state index in [4.69, 9.17) is 9.79 Å². The molecule has 0 aromatic carbocycles. The number of urea groups is 1. The average Bonchev–Trinajstić information content (AvgIpc) is 2.67. The van der Waals surface area contributed by atoms with Crippen molar-refractivity contribution in [3.05, 3.63) is 0 Å². The third-order valence-electron chi connectivity index (χ3n) is 6.57. The second-order valence-electron chi connectivity index (χ2n) is 8.76. The Kier molecular flexibility index (Phi) is 11.4. The molecule has 0 aromatic rings. The Morgan fingerprint density at radius 2 is 1.73 bits per heavy atom. The van der Waals surface area contributed by atoms with Gasteiger partial charge in [-0.15, -0.1) is 0 Å². The van der Waals surface area contributed by atoms with Gasteiger partial charge in [-0.25, -0.2) is 9.36 Å². The van der Waals surface area contributed by atoms with Crippen molar-refractivity contribution in [3.63, 3.8) is 0 Å². The van der Waals surface area contributed by atoms with E-state index in [2.05, 4.69) is 34.3 Å². The van der Waals surface area contributed by atoms with Crippen molar-refractivity contribution < 1.29 is 49.3 Å². The number of imide groups is 1. The van der Waals surface area contributed by atoms with Crippen molar-refractivity contribution in [2.45, 2.75) is 69.3 Å². The SMILES string of the molecule is CC1CC2NC3C(=O)NC(=O)NC3N(C[C@H](O)[C@H](O)[C@H](O)COP(=O)(O)O)C2CC1C.O.[Na]. The number of piperazine rings is 1. The van der Waals surface area contributed by atoms with Crippen LogP contribution >= 0.6 is 7.82 Å². The largest absolute Gasteiger partial charge is 0.469 e. The number of β-amino-alcohol motifs (C(OH)–C–C–N with tert-alkyl or cyclic N) is 1. The molecule has 14 nitrogen and oxygen atoms in total. The molecule has 3 aliphatic rings. The van der Waals surface area contributed by atoms with Crippen molar-refractivity contribution in [1.29, 1.82) is 0 Å². The fraction of sp³-hybridized carbons (Fsp3) is 0.882. The van der Waals surface area contributed by atoms with Gasteiger partial charge < -0.3 is 35.9 Å². The monoisotopic (exact) mass is 507 g/mol. The van der Waals surface area contributed by atoms with Crippen molar-refractivity contribution >= 4 is 49.3 Å². The van der Waals surface area contributed by atoms with Crippen molar-refractivity contribution in [3.8, 4) is 0 Å². The molecule has 0 spiro atoms. The molecule has 3 amide bonds. The van der Waals surface area contributed by atoms with E-state index in [9.17, 15) is 29.5 Å². The molecular weight excluding hydrogens is 474 g/mol. The number of aliphatic hydroxyl groups excluding tert-OH is 3. The van der Waals surface area contributed by atoms with Crippen LogP contribution in [0, 0.1) is 11.8 Å². The number of phosphoric acid groups is 1. The standard InChI is InChI=1S/C17H31N4O9P.Na.H2O/c1-7-3-9-10(4-8(7)2)21(15-13(18-9)16(25)20-17(26)19-15)5-11(22)14(24)12(23)6-30-31(27,28)29;;/h7-15,18,22-24H,3-6H2,1-2H3,(H2,27,28,29)(H2,19,20,25,26);;1H2/t7?,8?,9?,10?,11-,12+,13?,14-,15?;;/m0../s1. The van der Waals surface area contributed by atoms with E-state index < -0.39 is 56.9 Å². The Balaban J connectivity index is 0.00000272. The molecule has 3 fully saturated rings. The predicted octanol–water partition coefficient (Wildman–Crippen LogP) is -3.78. The molecule has 2 aliphatic heterocycles. The minimum Gasteiger partial charge on any atom is -0.412 e. The third kappa shape index (κ3) is 7.40. The van der Waals surface area contributed by atoms with Gasteiger partial charge in [0.15, 0.2) is 0 Å². The summed E-state index contributed by atoms with van der Waals surface area (Å²) >= 11 is 0. The van der Waals surface area contributed by atoms with Crippen LogP contribution in [0.25, 0.3) is 0 Å². The van der Waals surface area contributed by atoms with Gasteiger partial charge in [-0.2, -0.15) is 0 Å². The number of hydrogen-bond acceptors (Lipinski definition) is 9. The first-order chi connectivity index (χ1) is 14.4. The van der Waals surface area contributed by atoms with Crippen molar-refractivity contribution in [2.75, 3.05) is 13.2 Å². The number of fused-ring (bicyclic) bond motifs is 2. The minimum atomic E-state index is -4.85. The molecule has 1 saturated carbocycles. The van der Waals surface area contributed by atoms with E-state index in [1.165, 1.54) is 0 Å². The molecular formula is C17H33N4NaO10P. The van der Waals surface area contributed by atoms with Crippen LogP contribution in [0.4, 0.5) is 4.79 Å². The summed E-state index contributed by atoms with van der Waals surface area (Å²) in [6, 6.07) is -1.66. The van der Waals surface area contributed by atoms with Crippen LogP contribution < -0.4 is 16.0 Å². The Morgan fingerprint density at radius 1 is 1.12 bits per heavy atom. The molecule has 187 valence electrons. The maximum Gasteiger partial charge on any atom is 0.469 e. The summed E-state index contributed by atoms with van der Waals surface area (Å²) in [5.41, 5.74) is 0. The van der Waals surface area contributed by atoms with E-state index in [0.29, 0.717) is 11.8 Å². The molecule has 0 bridgehead atoms. The van der Waals surface area contributed by atoms with E-state index in [-0.39, 0.29) is 53.7 Å². The van der Waals surface area contributed by atoms with E-state index in [1.54, 1.807) is 4.90 Å². The second-order valence-corrected chi connectivity index (χ2v) is 10.00. The molecule has 1 radical (unpaired) electrons. The molecule has 2 heterocycles. The molecule has 6 unspecified atom stereocenters. The van der Waals surface area contributed by atoms with Crippen LogP contribution in [0.5, 0.6) is 0 Å². The van der Waals surface area contributed by atoms with Crippen LogP contribution in [0.1, 0.15) is 26.7 Å². The minimum absolute atomic E-state index is 0. The first kappa shape index (κ1) is 30.8. The number of amides is 3. The van der Waals surface area contributed by atoms with Gasteiger partial charge >= 0.3 is 13.9 Å². The molecule has 3 rings (SSSR count). The predicted molar refractivity (Wildman–Crippen MR) is 115 cm³/mol. The molecule has 0 aromatic heterocycles. The number of nitrogens with one attached hydrogen (secondary N) is 3. The van der Waals surface area contributed by atoms with Crippen LogP contribution in [0.15, 0.2) is 0 Å². The van der Waals surface area contributed by atoms with Crippen LogP contribution in [0.2, 0.25) is 0 Å². The van der Waals surface area contributed by atoms with Crippen LogP contribution in [-0.4, -0.2) is 133 Å². The first-order valence-electron chi connectivity index (χ1n) is 10.2. The summed E-state index contributed by atoms with van der Waals surface area (Å²) in [5.74, 6) is 0.253. The summed E-state index contributed by atoms with van der Waals surface area (Å²) in [6.45, 7) is 3.16. The Hall–Kier alpha value is -0.190. The first-order valence-corrected chi connectivity index (χ1v) is 11.8. The maximum absolute atomic E-state index is 12.4. The van der Waals surface area contributed by atoms with Gasteiger partial charge in [-0.3, -0.25) is 24.9 Å². The topological polar surface area (TPSA) is 232 Å². The van der Waals surface area contributed by atoms with E-state index >= 15 is 0 Å². The molecule has 9 atom stereocenters. The molecule has 2 saturated heterocycles. The van der Waals surface area contributed by atoms with E-state index in [0.717, 1.165) is 12.8 Å². The normalized spacial score (nSPS) is 34.9. The number of rotatable bonds is 7. The number of hydrogen-bond donors (Lipinski definition) is 8. The van der Waals surface area contributed by atoms with Gasteiger partial charge in [0.25, 0.3) is 0 Å². The van der Waals surface area contributed by atoms with Gasteiger partial charge in [0.2, 0.25) is 5.91 Å². The number of aliphatic hydroxyl groups is 3. The quantitative estimate of drug-likeness (QED) is 0.123. The summed E-state index contributed by atoms with van der Waals surface area (Å²) < 4.78 is 15.0. The number of carbonyl (C=O) groups is 2. The zero-order chi connectivity index (χ0) is 23.1. The molecule has 10 N–H and O–H groups in total. The second kappa shape index (κ2) is 12.2. The summed E-state index contributed by atoms with van der Waals surface area (Å²) in [6.07, 6.45) is -4.33.